The van der Waals surface area contributed by atoms with Crippen LogP contribution in [0.25, 0.3) is 11.4 Å². The molecule has 0 unspecified atom stereocenters. The van der Waals surface area contributed by atoms with E-state index in [1.165, 1.54) is 0 Å². The Balaban J connectivity index is 1.96. The summed E-state index contributed by atoms with van der Waals surface area (Å²) in [6, 6.07) is 0.981. The average molecular weight is 340 g/mol. The molecule has 1 aliphatic carbocycles. The van der Waals surface area contributed by atoms with Gasteiger partial charge in [-0.05, 0) is 18.9 Å². The number of nitrogens with one attached hydrogen (secondary N) is 1. The predicted octanol–water partition coefficient (Wildman–Crippen LogP) is 3.44. The quantitative estimate of drug-likeness (QED) is 0.869. The number of anilines is 1. The maximum atomic E-state index is 13.2. The van der Waals surface area contributed by atoms with Crippen LogP contribution in [0, 0.1) is 11.7 Å². The van der Waals surface area contributed by atoms with E-state index < -0.39 is 29.3 Å². The summed E-state index contributed by atoms with van der Waals surface area (Å²) in [5.41, 5.74) is -1.77. The zero-order valence-corrected chi connectivity index (χ0v) is 12.3. The molecule has 0 radical (unpaired) electrons. The van der Waals surface area contributed by atoms with Gasteiger partial charge in [0.15, 0.2) is 11.5 Å². The molecular formula is C15H12F4N4O. The number of carbonyl (C=O) groups is 1. The molecule has 126 valence electrons. The summed E-state index contributed by atoms with van der Waals surface area (Å²) in [5, 5.41) is 2.24. The van der Waals surface area contributed by atoms with Crippen LogP contribution < -0.4 is 5.32 Å². The molecule has 0 aromatic carbocycles. The van der Waals surface area contributed by atoms with Crippen molar-refractivity contribution in [3.63, 3.8) is 0 Å². The van der Waals surface area contributed by atoms with Crippen molar-refractivity contribution in [3.05, 3.63) is 36.2 Å². The predicted molar refractivity (Wildman–Crippen MR) is 76.2 cm³/mol. The maximum absolute atomic E-state index is 13.2. The molecule has 0 spiro atoms. The molecule has 24 heavy (non-hydrogen) atoms. The lowest BCUT2D eigenvalue weighted by atomic mass is 9.85. The number of halogens is 4. The summed E-state index contributed by atoms with van der Waals surface area (Å²) in [4.78, 5) is 22.7. The summed E-state index contributed by atoms with van der Waals surface area (Å²) in [6.45, 7) is 0. The molecule has 1 amide bonds. The number of alkyl halides is 3. The fourth-order valence-electron chi connectivity index (χ4n) is 2.27. The monoisotopic (exact) mass is 340 g/mol. The standard InChI is InChI=1S/C15H12F4N4O/c16-10-4-9(5-20-6-10)13-21-7-11(12(23-13)15(17,18)19)22-14(24)8-2-1-3-8/h4-8H,1-3H2,(H,22,24). The molecule has 1 aliphatic rings. The SMILES string of the molecule is O=C(Nc1cnc(-c2cncc(F)c2)nc1C(F)(F)F)C1CCC1. The van der Waals surface area contributed by atoms with E-state index in [9.17, 15) is 22.4 Å². The fourth-order valence-corrected chi connectivity index (χ4v) is 2.27. The number of aromatic nitrogens is 3. The van der Waals surface area contributed by atoms with Crippen LogP contribution in [0.3, 0.4) is 0 Å². The van der Waals surface area contributed by atoms with Crippen LogP contribution in [0.2, 0.25) is 0 Å². The van der Waals surface area contributed by atoms with Crippen molar-refractivity contribution >= 4 is 11.6 Å². The second kappa shape index (κ2) is 6.14. The number of amides is 1. The van der Waals surface area contributed by atoms with Crippen molar-refractivity contribution in [2.45, 2.75) is 25.4 Å². The molecule has 2 aromatic rings. The molecule has 1 fully saturated rings. The van der Waals surface area contributed by atoms with Crippen molar-refractivity contribution in [1.82, 2.24) is 15.0 Å². The third kappa shape index (κ3) is 3.34. The van der Waals surface area contributed by atoms with Gasteiger partial charge in [-0.1, -0.05) is 6.42 Å². The minimum absolute atomic E-state index is 0.0115. The van der Waals surface area contributed by atoms with Crippen molar-refractivity contribution in [3.8, 4) is 11.4 Å². The van der Waals surface area contributed by atoms with Crippen molar-refractivity contribution in [1.29, 1.82) is 0 Å². The number of pyridine rings is 1. The molecule has 5 nitrogen and oxygen atoms in total. The first-order valence-corrected chi connectivity index (χ1v) is 7.20. The van der Waals surface area contributed by atoms with Crippen LogP contribution in [0.1, 0.15) is 25.0 Å². The van der Waals surface area contributed by atoms with Gasteiger partial charge in [0.1, 0.15) is 5.82 Å². The first-order chi connectivity index (χ1) is 11.3. The number of hydrogen-bond acceptors (Lipinski definition) is 4. The van der Waals surface area contributed by atoms with Crippen LogP contribution in [-0.2, 0) is 11.0 Å². The summed E-state index contributed by atoms with van der Waals surface area (Å²) >= 11 is 0. The Bertz CT molecular complexity index is 774. The van der Waals surface area contributed by atoms with Gasteiger partial charge in [-0.3, -0.25) is 9.78 Å². The van der Waals surface area contributed by atoms with Gasteiger partial charge in [0.05, 0.1) is 18.1 Å². The van der Waals surface area contributed by atoms with Gasteiger partial charge < -0.3 is 5.32 Å². The number of carbonyl (C=O) groups excluding carboxylic acids is 1. The van der Waals surface area contributed by atoms with E-state index in [0.29, 0.717) is 12.8 Å². The largest absolute Gasteiger partial charge is 0.435 e. The highest BCUT2D eigenvalue weighted by atomic mass is 19.4. The van der Waals surface area contributed by atoms with Crippen LogP contribution >= 0.6 is 0 Å². The minimum Gasteiger partial charge on any atom is -0.323 e. The van der Waals surface area contributed by atoms with Crippen LogP contribution in [-0.4, -0.2) is 20.9 Å². The summed E-state index contributed by atoms with van der Waals surface area (Å²) in [6.07, 6.45) is 0.355. The van der Waals surface area contributed by atoms with E-state index in [4.69, 9.17) is 0 Å². The van der Waals surface area contributed by atoms with Crippen molar-refractivity contribution in [2.75, 3.05) is 5.32 Å². The second-order valence-electron chi connectivity index (χ2n) is 5.46. The molecular weight excluding hydrogens is 328 g/mol. The highest BCUT2D eigenvalue weighted by Crippen LogP contribution is 2.35. The zero-order valence-electron chi connectivity index (χ0n) is 12.3. The molecule has 0 atom stereocenters. The Kier molecular flexibility index (Phi) is 4.16. The van der Waals surface area contributed by atoms with Crippen LogP contribution in [0.5, 0.6) is 0 Å². The van der Waals surface area contributed by atoms with E-state index in [1.54, 1.807) is 0 Å². The normalized spacial score (nSPS) is 15.0. The van der Waals surface area contributed by atoms with Gasteiger partial charge in [-0.25, -0.2) is 14.4 Å². The Hall–Kier alpha value is -2.58. The summed E-state index contributed by atoms with van der Waals surface area (Å²) < 4.78 is 52.9. The molecule has 0 aliphatic heterocycles. The van der Waals surface area contributed by atoms with Gasteiger partial charge in [-0.2, -0.15) is 13.2 Å². The van der Waals surface area contributed by atoms with Gasteiger partial charge in [0, 0.05) is 17.7 Å². The first-order valence-electron chi connectivity index (χ1n) is 7.20. The van der Waals surface area contributed by atoms with E-state index in [-0.39, 0.29) is 17.3 Å². The molecule has 3 rings (SSSR count). The molecule has 9 heteroatoms. The van der Waals surface area contributed by atoms with Gasteiger partial charge >= 0.3 is 6.18 Å². The smallest absolute Gasteiger partial charge is 0.323 e. The minimum atomic E-state index is -4.79. The van der Waals surface area contributed by atoms with Crippen LogP contribution in [0.4, 0.5) is 23.2 Å². The third-order valence-corrected chi connectivity index (χ3v) is 3.75. The summed E-state index contributed by atoms with van der Waals surface area (Å²) in [5.74, 6) is -1.79. The molecule has 2 aromatic heterocycles. The summed E-state index contributed by atoms with van der Waals surface area (Å²) in [7, 11) is 0. The Morgan fingerprint density at radius 2 is 1.96 bits per heavy atom. The number of nitrogens with zero attached hydrogens (tertiary/aromatic N) is 3. The lowest BCUT2D eigenvalue weighted by molar-refractivity contribution is -0.140. The van der Waals surface area contributed by atoms with Gasteiger partial charge in [0.25, 0.3) is 0 Å². The maximum Gasteiger partial charge on any atom is 0.435 e. The molecule has 1 saturated carbocycles. The Labute approximate surface area is 134 Å². The lowest BCUT2D eigenvalue weighted by Crippen LogP contribution is -2.29. The highest BCUT2D eigenvalue weighted by Gasteiger charge is 2.37. The highest BCUT2D eigenvalue weighted by molar-refractivity contribution is 5.93. The lowest BCUT2D eigenvalue weighted by Gasteiger charge is -2.24. The Morgan fingerprint density at radius 3 is 2.54 bits per heavy atom. The molecule has 0 saturated heterocycles. The zero-order chi connectivity index (χ0) is 17.3. The second-order valence-corrected chi connectivity index (χ2v) is 5.46. The van der Waals surface area contributed by atoms with Gasteiger partial charge in [-0.15, -0.1) is 0 Å². The first kappa shape index (κ1) is 16.3. The average Bonchev–Trinajstić information content (AvgIpc) is 2.44. The third-order valence-electron chi connectivity index (χ3n) is 3.75. The van der Waals surface area contributed by atoms with E-state index in [1.807, 2.05) is 0 Å². The van der Waals surface area contributed by atoms with E-state index in [0.717, 1.165) is 31.1 Å². The van der Waals surface area contributed by atoms with E-state index in [2.05, 4.69) is 20.3 Å². The van der Waals surface area contributed by atoms with Crippen molar-refractivity contribution in [2.24, 2.45) is 5.92 Å². The van der Waals surface area contributed by atoms with E-state index >= 15 is 0 Å². The Morgan fingerprint density at radius 1 is 1.21 bits per heavy atom. The van der Waals surface area contributed by atoms with Crippen LogP contribution in [0.15, 0.2) is 24.7 Å². The van der Waals surface area contributed by atoms with Gasteiger partial charge in [0.2, 0.25) is 5.91 Å². The molecule has 0 bridgehead atoms. The number of rotatable bonds is 3. The number of hydrogen-bond donors (Lipinski definition) is 1. The fraction of sp³-hybridized carbons (Fsp3) is 0.333. The molecule has 2 heterocycles. The van der Waals surface area contributed by atoms with Crippen molar-refractivity contribution < 1.29 is 22.4 Å². The topological polar surface area (TPSA) is 67.8 Å². The molecule has 1 N–H and O–H groups in total.